The molecule has 0 fully saturated rings. The lowest BCUT2D eigenvalue weighted by atomic mass is 9.89. The van der Waals surface area contributed by atoms with Crippen LogP contribution in [0.4, 0.5) is 5.69 Å². The van der Waals surface area contributed by atoms with Crippen LogP contribution < -0.4 is 5.73 Å². The highest BCUT2D eigenvalue weighted by Gasteiger charge is 2.14. The van der Waals surface area contributed by atoms with E-state index in [9.17, 15) is 4.79 Å². The lowest BCUT2D eigenvalue weighted by Gasteiger charge is -2.16. The summed E-state index contributed by atoms with van der Waals surface area (Å²) in [7, 11) is 0. The molecule has 0 aliphatic rings. The van der Waals surface area contributed by atoms with Crippen LogP contribution in [0.2, 0.25) is 0 Å². The van der Waals surface area contributed by atoms with Gasteiger partial charge in [-0.2, -0.15) is 0 Å². The fourth-order valence-electron chi connectivity index (χ4n) is 1.19. The summed E-state index contributed by atoms with van der Waals surface area (Å²) in [4.78, 5) is 15.7. The van der Waals surface area contributed by atoms with E-state index in [1.807, 2.05) is 0 Å². The first-order valence-electron chi connectivity index (χ1n) is 5.13. The number of hydrogen-bond acceptors (Lipinski definition) is 3. The topological polar surface area (TPSA) is 56.0 Å². The molecule has 1 aromatic rings. The third kappa shape index (κ3) is 4.11. The number of nitrogen functional groups attached to an aromatic ring is 1. The Morgan fingerprint density at radius 1 is 1.40 bits per heavy atom. The highest BCUT2D eigenvalue weighted by atomic mass is 16.1. The molecule has 1 heterocycles. The van der Waals surface area contributed by atoms with Crippen molar-refractivity contribution in [1.29, 1.82) is 0 Å². The molecule has 1 rings (SSSR count). The third-order valence-electron chi connectivity index (χ3n) is 2.17. The van der Waals surface area contributed by atoms with Gasteiger partial charge >= 0.3 is 0 Å². The van der Waals surface area contributed by atoms with Crippen LogP contribution in [0.15, 0.2) is 18.3 Å². The summed E-state index contributed by atoms with van der Waals surface area (Å²) in [5.74, 6) is 0.0879. The molecule has 0 unspecified atom stereocenters. The second kappa shape index (κ2) is 4.43. The van der Waals surface area contributed by atoms with Crippen molar-refractivity contribution in [3.63, 3.8) is 0 Å². The average molecular weight is 206 g/mol. The van der Waals surface area contributed by atoms with Crippen LogP contribution in [-0.2, 0) is 0 Å². The summed E-state index contributed by atoms with van der Waals surface area (Å²) in [6.07, 6.45) is 2.93. The van der Waals surface area contributed by atoms with Gasteiger partial charge in [-0.15, -0.1) is 0 Å². The zero-order chi connectivity index (χ0) is 11.5. The number of carbonyl (C=O) groups excluding carboxylic acids is 1. The Balaban J connectivity index is 2.58. The fourth-order valence-corrected chi connectivity index (χ4v) is 1.19. The van der Waals surface area contributed by atoms with Gasteiger partial charge in [0.05, 0.1) is 11.9 Å². The highest BCUT2D eigenvalue weighted by Crippen LogP contribution is 2.21. The smallest absolute Gasteiger partial charge is 0.181 e. The van der Waals surface area contributed by atoms with E-state index < -0.39 is 0 Å². The van der Waals surface area contributed by atoms with Gasteiger partial charge in [-0.05, 0) is 24.0 Å². The molecule has 0 bridgehead atoms. The van der Waals surface area contributed by atoms with Gasteiger partial charge in [0.15, 0.2) is 5.78 Å². The van der Waals surface area contributed by atoms with Crippen molar-refractivity contribution in [2.45, 2.75) is 33.6 Å². The Hall–Kier alpha value is -1.38. The molecule has 2 N–H and O–H groups in total. The summed E-state index contributed by atoms with van der Waals surface area (Å²) < 4.78 is 0. The van der Waals surface area contributed by atoms with Gasteiger partial charge in [0.1, 0.15) is 5.69 Å². The average Bonchev–Trinajstić information content (AvgIpc) is 2.14. The Kier molecular flexibility index (Phi) is 3.45. The first-order chi connectivity index (χ1) is 6.88. The number of nitrogens with two attached hydrogens (primary N) is 1. The number of rotatable bonds is 3. The Bertz CT molecular complexity index is 336. The second-order valence-electron chi connectivity index (χ2n) is 4.96. The van der Waals surface area contributed by atoms with Crippen LogP contribution in [0.25, 0.3) is 0 Å². The van der Waals surface area contributed by atoms with Gasteiger partial charge in [-0.3, -0.25) is 9.78 Å². The van der Waals surface area contributed by atoms with E-state index in [-0.39, 0.29) is 11.2 Å². The van der Waals surface area contributed by atoms with Crippen molar-refractivity contribution in [1.82, 2.24) is 4.98 Å². The number of ketones is 1. The van der Waals surface area contributed by atoms with Crippen LogP contribution in [0.5, 0.6) is 0 Å². The standard InChI is InChI=1S/C12H18N2O/c1-12(2,3)7-6-11(15)10-5-4-9(13)8-14-10/h4-5,8H,6-7,13H2,1-3H3. The van der Waals surface area contributed by atoms with Gasteiger partial charge in [0.25, 0.3) is 0 Å². The Morgan fingerprint density at radius 3 is 2.53 bits per heavy atom. The molecule has 82 valence electrons. The van der Waals surface area contributed by atoms with Crippen molar-refractivity contribution in [3.05, 3.63) is 24.0 Å². The van der Waals surface area contributed by atoms with Gasteiger partial charge in [-0.25, -0.2) is 0 Å². The molecule has 0 amide bonds. The van der Waals surface area contributed by atoms with Gasteiger partial charge in [0, 0.05) is 6.42 Å². The lowest BCUT2D eigenvalue weighted by Crippen LogP contribution is -2.10. The summed E-state index contributed by atoms with van der Waals surface area (Å²) in [5.41, 5.74) is 6.77. The van der Waals surface area contributed by atoms with Crippen LogP contribution in [0, 0.1) is 5.41 Å². The Labute approximate surface area is 90.7 Å². The van der Waals surface area contributed by atoms with Gasteiger partial charge in [-0.1, -0.05) is 20.8 Å². The van der Waals surface area contributed by atoms with E-state index >= 15 is 0 Å². The zero-order valence-corrected chi connectivity index (χ0v) is 9.58. The molecule has 0 spiro atoms. The van der Waals surface area contributed by atoms with E-state index in [1.54, 1.807) is 12.1 Å². The SMILES string of the molecule is CC(C)(C)CCC(=O)c1ccc(N)cn1. The number of aromatic nitrogens is 1. The number of Topliss-reactive ketones (excluding diaryl/α,β-unsaturated/α-hetero) is 1. The minimum Gasteiger partial charge on any atom is -0.397 e. The molecule has 0 atom stereocenters. The largest absolute Gasteiger partial charge is 0.397 e. The maximum atomic E-state index is 11.7. The molecule has 0 saturated heterocycles. The number of hydrogen-bond donors (Lipinski definition) is 1. The molecule has 0 aliphatic heterocycles. The van der Waals surface area contributed by atoms with E-state index in [2.05, 4.69) is 25.8 Å². The minimum atomic E-state index is 0.0879. The summed E-state index contributed by atoms with van der Waals surface area (Å²) in [5, 5.41) is 0. The second-order valence-corrected chi connectivity index (χ2v) is 4.96. The minimum absolute atomic E-state index is 0.0879. The molecule has 0 saturated carbocycles. The molecule has 1 aromatic heterocycles. The van der Waals surface area contributed by atoms with Gasteiger partial charge in [0.2, 0.25) is 0 Å². The maximum absolute atomic E-state index is 11.7. The molecule has 0 radical (unpaired) electrons. The van der Waals surface area contributed by atoms with Crippen molar-refractivity contribution in [3.8, 4) is 0 Å². The molecule has 3 nitrogen and oxygen atoms in total. The van der Waals surface area contributed by atoms with Crippen molar-refractivity contribution < 1.29 is 4.79 Å². The van der Waals surface area contributed by atoms with E-state index in [4.69, 9.17) is 5.73 Å². The summed E-state index contributed by atoms with van der Waals surface area (Å²) in [6, 6.07) is 3.39. The first kappa shape index (κ1) is 11.7. The predicted molar refractivity (Wildman–Crippen MR) is 61.7 cm³/mol. The van der Waals surface area contributed by atoms with Crippen molar-refractivity contribution in [2.75, 3.05) is 5.73 Å². The number of anilines is 1. The molecular formula is C12H18N2O. The number of nitrogens with zero attached hydrogens (tertiary/aromatic N) is 1. The molecule has 0 aliphatic carbocycles. The van der Waals surface area contributed by atoms with E-state index in [0.717, 1.165) is 6.42 Å². The van der Waals surface area contributed by atoms with E-state index in [1.165, 1.54) is 6.20 Å². The van der Waals surface area contributed by atoms with Crippen LogP contribution >= 0.6 is 0 Å². The lowest BCUT2D eigenvalue weighted by molar-refractivity contribution is 0.0961. The van der Waals surface area contributed by atoms with Crippen LogP contribution in [-0.4, -0.2) is 10.8 Å². The molecule has 15 heavy (non-hydrogen) atoms. The molecule has 3 heteroatoms. The van der Waals surface area contributed by atoms with Crippen LogP contribution in [0.3, 0.4) is 0 Å². The maximum Gasteiger partial charge on any atom is 0.181 e. The molecular weight excluding hydrogens is 188 g/mol. The molecule has 0 aromatic carbocycles. The number of pyridine rings is 1. The predicted octanol–water partition coefficient (Wildman–Crippen LogP) is 2.67. The van der Waals surface area contributed by atoms with Crippen molar-refractivity contribution in [2.24, 2.45) is 5.41 Å². The zero-order valence-electron chi connectivity index (χ0n) is 9.58. The third-order valence-corrected chi connectivity index (χ3v) is 2.17. The Morgan fingerprint density at radius 2 is 2.07 bits per heavy atom. The first-order valence-corrected chi connectivity index (χ1v) is 5.13. The monoisotopic (exact) mass is 206 g/mol. The van der Waals surface area contributed by atoms with Crippen LogP contribution in [0.1, 0.15) is 44.1 Å². The number of carbonyl (C=O) groups is 1. The van der Waals surface area contributed by atoms with E-state index in [0.29, 0.717) is 17.8 Å². The van der Waals surface area contributed by atoms with Gasteiger partial charge < -0.3 is 5.73 Å². The normalized spacial score (nSPS) is 11.4. The van der Waals surface area contributed by atoms with Crippen molar-refractivity contribution >= 4 is 11.5 Å². The highest BCUT2D eigenvalue weighted by molar-refractivity contribution is 5.94. The fraction of sp³-hybridized carbons (Fsp3) is 0.500. The summed E-state index contributed by atoms with van der Waals surface area (Å²) in [6.45, 7) is 6.37. The summed E-state index contributed by atoms with van der Waals surface area (Å²) >= 11 is 0. The quantitative estimate of drug-likeness (QED) is 0.773.